The standard InChI is InChI=1S/C14H23N5O2/c1-3-5-10-11(15)12(18-17-10)14(21)19-7-4-6-9(8-19)13(20)16-2/h9H,3-8,15H2,1-2H3,(H,16,20)(H,17,18). The Labute approximate surface area is 124 Å². The number of aromatic amines is 1. The predicted octanol–water partition coefficient (Wildman–Crippen LogP) is 0.543. The number of hydrogen-bond acceptors (Lipinski definition) is 4. The average Bonchev–Trinajstić information content (AvgIpc) is 2.87. The van der Waals surface area contributed by atoms with Crippen LogP contribution in [0, 0.1) is 5.92 Å². The van der Waals surface area contributed by atoms with Crippen LogP contribution in [0.1, 0.15) is 42.4 Å². The summed E-state index contributed by atoms with van der Waals surface area (Å²) in [6.07, 6.45) is 3.33. The van der Waals surface area contributed by atoms with Crippen LogP contribution >= 0.6 is 0 Å². The van der Waals surface area contributed by atoms with Gasteiger partial charge in [-0.15, -0.1) is 0 Å². The summed E-state index contributed by atoms with van der Waals surface area (Å²) in [5.41, 5.74) is 7.51. The van der Waals surface area contributed by atoms with E-state index in [4.69, 9.17) is 5.73 Å². The smallest absolute Gasteiger partial charge is 0.276 e. The molecule has 0 radical (unpaired) electrons. The molecule has 1 aliphatic rings. The highest BCUT2D eigenvalue weighted by Gasteiger charge is 2.30. The van der Waals surface area contributed by atoms with Gasteiger partial charge in [-0.05, 0) is 19.3 Å². The molecule has 1 unspecified atom stereocenters. The molecule has 7 nitrogen and oxygen atoms in total. The molecule has 0 aromatic carbocycles. The lowest BCUT2D eigenvalue weighted by molar-refractivity contribution is -0.125. The van der Waals surface area contributed by atoms with E-state index in [1.165, 1.54) is 0 Å². The minimum Gasteiger partial charge on any atom is -0.395 e. The Morgan fingerprint density at radius 2 is 2.29 bits per heavy atom. The molecule has 116 valence electrons. The summed E-state index contributed by atoms with van der Waals surface area (Å²) in [6, 6.07) is 0. The third-order valence-corrected chi connectivity index (χ3v) is 3.91. The normalized spacial score (nSPS) is 18.6. The summed E-state index contributed by atoms with van der Waals surface area (Å²) >= 11 is 0. The van der Waals surface area contributed by atoms with Crippen LogP contribution < -0.4 is 11.1 Å². The summed E-state index contributed by atoms with van der Waals surface area (Å²) in [7, 11) is 1.62. The highest BCUT2D eigenvalue weighted by Crippen LogP contribution is 2.22. The Kier molecular flexibility index (Phi) is 4.82. The van der Waals surface area contributed by atoms with Crippen LogP contribution in [0.2, 0.25) is 0 Å². The fraction of sp³-hybridized carbons (Fsp3) is 0.643. The van der Waals surface area contributed by atoms with E-state index in [-0.39, 0.29) is 23.4 Å². The van der Waals surface area contributed by atoms with Crippen molar-refractivity contribution in [1.82, 2.24) is 20.4 Å². The van der Waals surface area contributed by atoms with Gasteiger partial charge in [0.1, 0.15) is 0 Å². The first kappa shape index (κ1) is 15.3. The van der Waals surface area contributed by atoms with Crippen molar-refractivity contribution in [3.8, 4) is 0 Å². The number of likely N-dealkylation sites (tertiary alicyclic amines) is 1. The first-order chi connectivity index (χ1) is 10.1. The quantitative estimate of drug-likeness (QED) is 0.753. The van der Waals surface area contributed by atoms with Crippen molar-refractivity contribution in [2.75, 3.05) is 25.9 Å². The molecule has 7 heteroatoms. The number of carbonyl (C=O) groups excluding carboxylic acids is 2. The van der Waals surface area contributed by atoms with E-state index >= 15 is 0 Å². The van der Waals surface area contributed by atoms with Gasteiger partial charge in [-0.1, -0.05) is 13.3 Å². The first-order valence-electron chi connectivity index (χ1n) is 7.42. The molecule has 0 bridgehead atoms. The summed E-state index contributed by atoms with van der Waals surface area (Å²) in [5, 5.41) is 9.54. The summed E-state index contributed by atoms with van der Waals surface area (Å²) in [6.45, 7) is 3.11. The van der Waals surface area contributed by atoms with Crippen LogP contribution in [0.3, 0.4) is 0 Å². The van der Waals surface area contributed by atoms with Crippen LogP contribution in [-0.4, -0.2) is 47.0 Å². The van der Waals surface area contributed by atoms with Gasteiger partial charge in [0.25, 0.3) is 5.91 Å². The maximum Gasteiger partial charge on any atom is 0.276 e. The molecule has 1 atom stereocenters. The largest absolute Gasteiger partial charge is 0.395 e. The maximum absolute atomic E-state index is 12.5. The van der Waals surface area contributed by atoms with E-state index in [0.717, 1.165) is 31.4 Å². The lowest BCUT2D eigenvalue weighted by atomic mass is 9.97. The number of nitrogens with one attached hydrogen (secondary N) is 2. The molecule has 2 heterocycles. The number of amides is 2. The fourth-order valence-corrected chi connectivity index (χ4v) is 2.72. The van der Waals surface area contributed by atoms with Gasteiger partial charge in [-0.2, -0.15) is 5.10 Å². The zero-order chi connectivity index (χ0) is 15.4. The van der Waals surface area contributed by atoms with Crippen LogP contribution in [0.15, 0.2) is 0 Å². The maximum atomic E-state index is 12.5. The van der Waals surface area contributed by atoms with E-state index in [0.29, 0.717) is 18.8 Å². The number of aromatic nitrogens is 2. The van der Waals surface area contributed by atoms with Gasteiger partial charge in [0, 0.05) is 20.1 Å². The number of nitrogen functional groups attached to an aromatic ring is 1. The molecular formula is C14H23N5O2. The molecule has 2 amide bonds. The molecule has 1 aromatic heterocycles. The van der Waals surface area contributed by atoms with E-state index in [2.05, 4.69) is 15.5 Å². The number of rotatable bonds is 4. The van der Waals surface area contributed by atoms with Crippen molar-refractivity contribution in [1.29, 1.82) is 0 Å². The van der Waals surface area contributed by atoms with Gasteiger partial charge in [0.05, 0.1) is 17.3 Å². The predicted molar refractivity (Wildman–Crippen MR) is 79.7 cm³/mol. The third kappa shape index (κ3) is 3.17. The van der Waals surface area contributed by atoms with Crippen molar-refractivity contribution in [2.24, 2.45) is 5.92 Å². The highest BCUT2D eigenvalue weighted by molar-refractivity contribution is 5.98. The fourth-order valence-electron chi connectivity index (χ4n) is 2.72. The van der Waals surface area contributed by atoms with Gasteiger partial charge in [-0.25, -0.2) is 0 Å². The van der Waals surface area contributed by atoms with Crippen molar-refractivity contribution in [3.05, 3.63) is 11.4 Å². The molecule has 0 aliphatic carbocycles. The Morgan fingerprint density at radius 1 is 1.52 bits per heavy atom. The van der Waals surface area contributed by atoms with Crippen molar-refractivity contribution in [3.63, 3.8) is 0 Å². The van der Waals surface area contributed by atoms with Gasteiger partial charge in [-0.3, -0.25) is 14.7 Å². The zero-order valence-corrected chi connectivity index (χ0v) is 12.6. The van der Waals surface area contributed by atoms with E-state index in [1.54, 1.807) is 11.9 Å². The first-order valence-corrected chi connectivity index (χ1v) is 7.42. The number of H-pyrrole nitrogens is 1. The number of nitrogens with zero attached hydrogens (tertiary/aromatic N) is 2. The Hall–Kier alpha value is -2.05. The summed E-state index contributed by atoms with van der Waals surface area (Å²) in [4.78, 5) is 25.9. The Balaban J connectivity index is 2.10. The van der Waals surface area contributed by atoms with Crippen molar-refractivity contribution in [2.45, 2.75) is 32.6 Å². The van der Waals surface area contributed by atoms with Crippen LogP contribution in [0.5, 0.6) is 0 Å². The second kappa shape index (κ2) is 6.60. The van der Waals surface area contributed by atoms with Gasteiger partial charge >= 0.3 is 0 Å². The highest BCUT2D eigenvalue weighted by atomic mass is 16.2. The van der Waals surface area contributed by atoms with E-state index in [1.807, 2.05) is 6.92 Å². The molecule has 0 saturated carbocycles. The average molecular weight is 293 g/mol. The lowest BCUT2D eigenvalue weighted by Gasteiger charge is -2.31. The number of hydrogen-bond donors (Lipinski definition) is 3. The SMILES string of the molecule is CCCc1[nH]nc(C(=O)N2CCCC(C(=O)NC)C2)c1N. The van der Waals surface area contributed by atoms with E-state index < -0.39 is 0 Å². The molecule has 0 spiro atoms. The van der Waals surface area contributed by atoms with E-state index in [9.17, 15) is 9.59 Å². The lowest BCUT2D eigenvalue weighted by Crippen LogP contribution is -2.45. The number of aryl methyl sites for hydroxylation is 1. The molecule has 4 N–H and O–H groups in total. The minimum absolute atomic E-state index is 0.0193. The Morgan fingerprint density at radius 3 is 2.95 bits per heavy atom. The Bertz CT molecular complexity index is 525. The van der Waals surface area contributed by atoms with Crippen LogP contribution in [0.4, 0.5) is 5.69 Å². The second-order valence-electron chi connectivity index (χ2n) is 5.42. The monoisotopic (exact) mass is 293 g/mol. The number of nitrogens with two attached hydrogens (primary N) is 1. The van der Waals surface area contributed by atoms with Gasteiger partial charge < -0.3 is 16.0 Å². The van der Waals surface area contributed by atoms with Gasteiger partial charge in [0.15, 0.2) is 5.69 Å². The molecular weight excluding hydrogens is 270 g/mol. The minimum atomic E-state index is -0.195. The summed E-state index contributed by atoms with van der Waals surface area (Å²) < 4.78 is 0. The van der Waals surface area contributed by atoms with Crippen LogP contribution in [0.25, 0.3) is 0 Å². The molecule has 1 aliphatic heterocycles. The molecule has 1 aromatic rings. The second-order valence-corrected chi connectivity index (χ2v) is 5.42. The number of carbonyl (C=O) groups is 2. The molecule has 2 rings (SSSR count). The summed E-state index contributed by atoms with van der Waals surface area (Å²) in [5.74, 6) is -0.364. The van der Waals surface area contributed by atoms with Crippen molar-refractivity contribution < 1.29 is 9.59 Å². The molecule has 21 heavy (non-hydrogen) atoms. The third-order valence-electron chi connectivity index (χ3n) is 3.91. The van der Waals surface area contributed by atoms with Gasteiger partial charge in [0.2, 0.25) is 5.91 Å². The number of anilines is 1. The molecule has 1 fully saturated rings. The topological polar surface area (TPSA) is 104 Å². The van der Waals surface area contributed by atoms with Crippen molar-refractivity contribution >= 4 is 17.5 Å². The molecule has 1 saturated heterocycles. The zero-order valence-electron chi connectivity index (χ0n) is 12.6. The number of piperidine rings is 1. The van der Waals surface area contributed by atoms with Crippen LogP contribution in [-0.2, 0) is 11.2 Å².